The Labute approximate surface area is 165 Å². The van der Waals surface area contributed by atoms with Crippen LogP contribution in [0.25, 0.3) is 0 Å². The number of ether oxygens (including phenoxy) is 1. The van der Waals surface area contributed by atoms with Gasteiger partial charge in [-0.05, 0) is 56.2 Å². The molecule has 6 nitrogen and oxygen atoms in total. The van der Waals surface area contributed by atoms with Crippen LogP contribution in [0.1, 0.15) is 25.8 Å². The van der Waals surface area contributed by atoms with Crippen molar-refractivity contribution >= 4 is 23.3 Å². The van der Waals surface area contributed by atoms with Crippen molar-refractivity contribution < 1.29 is 14.3 Å². The fraction of sp³-hybridized carbons (Fsp3) is 0.364. The fourth-order valence-electron chi connectivity index (χ4n) is 4.06. The van der Waals surface area contributed by atoms with Crippen molar-refractivity contribution in [3.8, 4) is 5.75 Å². The van der Waals surface area contributed by atoms with Crippen molar-refractivity contribution in [2.45, 2.75) is 38.8 Å². The van der Waals surface area contributed by atoms with Gasteiger partial charge in [-0.15, -0.1) is 0 Å². The van der Waals surface area contributed by atoms with E-state index in [2.05, 4.69) is 11.4 Å². The fourth-order valence-corrected chi connectivity index (χ4v) is 4.06. The molecule has 3 amide bonds. The zero-order chi connectivity index (χ0) is 19.7. The number of rotatable bonds is 4. The highest BCUT2D eigenvalue weighted by molar-refractivity contribution is 5.99. The minimum Gasteiger partial charge on any atom is -0.494 e. The number of urea groups is 1. The monoisotopic (exact) mass is 379 g/mol. The summed E-state index contributed by atoms with van der Waals surface area (Å²) in [4.78, 5) is 28.9. The predicted octanol–water partition coefficient (Wildman–Crippen LogP) is 3.35. The molecule has 0 aromatic heterocycles. The molecule has 1 saturated heterocycles. The van der Waals surface area contributed by atoms with Gasteiger partial charge in [-0.1, -0.05) is 18.2 Å². The number of hydrogen-bond donors (Lipinski definition) is 1. The molecule has 146 valence electrons. The third-order valence-corrected chi connectivity index (χ3v) is 5.34. The van der Waals surface area contributed by atoms with Crippen molar-refractivity contribution in [1.82, 2.24) is 5.32 Å². The Bertz CT molecular complexity index is 881. The van der Waals surface area contributed by atoms with Gasteiger partial charge in [0.2, 0.25) is 5.91 Å². The molecule has 2 heterocycles. The van der Waals surface area contributed by atoms with Crippen molar-refractivity contribution in [1.29, 1.82) is 0 Å². The van der Waals surface area contributed by atoms with Gasteiger partial charge < -0.3 is 15.0 Å². The molecular formula is C22H25N3O3. The zero-order valence-electron chi connectivity index (χ0n) is 16.2. The molecule has 6 heteroatoms. The van der Waals surface area contributed by atoms with Crippen LogP contribution in [0.3, 0.4) is 0 Å². The Morgan fingerprint density at radius 2 is 1.89 bits per heavy atom. The van der Waals surface area contributed by atoms with Crippen LogP contribution >= 0.6 is 0 Å². The van der Waals surface area contributed by atoms with Crippen LogP contribution in [-0.4, -0.2) is 37.2 Å². The quantitative estimate of drug-likeness (QED) is 0.886. The number of fused-ring (bicyclic) bond motifs is 1. The van der Waals surface area contributed by atoms with E-state index in [-0.39, 0.29) is 24.0 Å². The average Bonchev–Trinajstić information content (AvgIpc) is 3.21. The number of amides is 3. The van der Waals surface area contributed by atoms with E-state index in [0.717, 1.165) is 23.5 Å². The molecule has 28 heavy (non-hydrogen) atoms. The summed E-state index contributed by atoms with van der Waals surface area (Å²) in [7, 11) is 0. The van der Waals surface area contributed by atoms with Gasteiger partial charge in [0, 0.05) is 30.4 Å². The number of benzene rings is 2. The summed E-state index contributed by atoms with van der Waals surface area (Å²) in [6.45, 7) is 5.06. The maximum absolute atomic E-state index is 12.9. The van der Waals surface area contributed by atoms with Crippen LogP contribution in [0.4, 0.5) is 16.2 Å². The first kappa shape index (κ1) is 18.3. The van der Waals surface area contributed by atoms with E-state index in [4.69, 9.17) is 4.74 Å². The number of hydrogen-bond acceptors (Lipinski definition) is 3. The third-order valence-electron chi connectivity index (χ3n) is 5.34. The van der Waals surface area contributed by atoms with Gasteiger partial charge in [0.25, 0.3) is 0 Å². The van der Waals surface area contributed by atoms with E-state index in [1.807, 2.05) is 56.3 Å². The summed E-state index contributed by atoms with van der Waals surface area (Å²) in [5, 5.41) is 3.05. The summed E-state index contributed by atoms with van der Waals surface area (Å²) >= 11 is 0. The van der Waals surface area contributed by atoms with E-state index < -0.39 is 0 Å². The normalized spacial score (nSPS) is 21.0. The molecule has 0 unspecified atom stereocenters. The Morgan fingerprint density at radius 3 is 2.64 bits per heavy atom. The van der Waals surface area contributed by atoms with Crippen LogP contribution in [0, 0.1) is 0 Å². The highest BCUT2D eigenvalue weighted by Gasteiger charge is 2.35. The van der Waals surface area contributed by atoms with Gasteiger partial charge in [-0.25, -0.2) is 4.79 Å². The first-order chi connectivity index (χ1) is 13.6. The number of carbonyl (C=O) groups excluding carboxylic acids is 2. The van der Waals surface area contributed by atoms with Crippen LogP contribution in [0.5, 0.6) is 5.75 Å². The van der Waals surface area contributed by atoms with Crippen molar-refractivity contribution in [2.75, 3.05) is 23.0 Å². The Balaban J connectivity index is 1.42. The lowest BCUT2D eigenvalue weighted by Crippen LogP contribution is -2.48. The number of carbonyl (C=O) groups is 2. The molecule has 2 aromatic carbocycles. The predicted molar refractivity (Wildman–Crippen MR) is 109 cm³/mol. The van der Waals surface area contributed by atoms with Gasteiger partial charge in [0.05, 0.1) is 12.6 Å². The number of para-hydroxylation sites is 1. The Morgan fingerprint density at radius 1 is 1.14 bits per heavy atom. The second-order valence-electron chi connectivity index (χ2n) is 7.33. The van der Waals surface area contributed by atoms with Crippen molar-refractivity contribution in [3.63, 3.8) is 0 Å². The molecule has 0 saturated carbocycles. The van der Waals surface area contributed by atoms with Crippen LogP contribution in [0.15, 0.2) is 48.5 Å². The molecule has 1 N–H and O–H groups in total. The lowest BCUT2D eigenvalue weighted by molar-refractivity contribution is -0.117. The van der Waals surface area contributed by atoms with E-state index >= 15 is 0 Å². The average molecular weight is 379 g/mol. The minimum absolute atomic E-state index is 0.0179. The van der Waals surface area contributed by atoms with Gasteiger partial charge >= 0.3 is 6.03 Å². The highest BCUT2D eigenvalue weighted by Crippen LogP contribution is 2.32. The molecule has 0 spiro atoms. The maximum atomic E-state index is 12.9. The number of nitrogens with zero attached hydrogens (tertiary/aromatic N) is 2. The summed E-state index contributed by atoms with van der Waals surface area (Å²) in [5.74, 6) is 0.800. The van der Waals surface area contributed by atoms with Crippen LogP contribution in [0.2, 0.25) is 0 Å². The largest absolute Gasteiger partial charge is 0.494 e. The van der Waals surface area contributed by atoms with E-state index in [1.165, 1.54) is 5.56 Å². The van der Waals surface area contributed by atoms with E-state index in [9.17, 15) is 9.59 Å². The van der Waals surface area contributed by atoms with Crippen molar-refractivity contribution in [2.24, 2.45) is 0 Å². The SMILES string of the molecule is CCOc1ccc(N2C[C@H](NC(=O)N3c4ccccc4C[C@H]3C)CC2=O)cc1. The molecule has 0 aliphatic carbocycles. The van der Waals surface area contributed by atoms with Gasteiger partial charge in [-0.2, -0.15) is 0 Å². The first-order valence-electron chi connectivity index (χ1n) is 9.77. The van der Waals surface area contributed by atoms with E-state index in [0.29, 0.717) is 19.6 Å². The summed E-state index contributed by atoms with van der Waals surface area (Å²) in [5.41, 5.74) is 2.97. The molecule has 2 aromatic rings. The van der Waals surface area contributed by atoms with Gasteiger partial charge in [0.15, 0.2) is 0 Å². The van der Waals surface area contributed by atoms with Gasteiger partial charge in [-0.3, -0.25) is 9.69 Å². The second kappa shape index (κ2) is 7.54. The summed E-state index contributed by atoms with van der Waals surface area (Å²) in [6, 6.07) is 15.2. The first-order valence-corrected chi connectivity index (χ1v) is 9.77. The maximum Gasteiger partial charge on any atom is 0.322 e. The molecule has 2 aliphatic heterocycles. The zero-order valence-corrected chi connectivity index (χ0v) is 16.2. The van der Waals surface area contributed by atoms with Gasteiger partial charge in [0.1, 0.15) is 5.75 Å². The standard InChI is InChI=1S/C22H25N3O3/c1-3-28-19-10-8-18(9-11-19)24-14-17(13-21(24)26)23-22(27)25-15(2)12-16-6-4-5-7-20(16)25/h4-11,15,17H,3,12-14H2,1-2H3,(H,23,27)/t15-,17-/m1/s1. The number of anilines is 2. The highest BCUT2D eigenvalue weighted by atomic mass is 16.5. The summed E-state index contributed by atoms with van der Waals surface area (Å²) < 4.78 is 5.45. The molecule has 4 rings (SSSR count). The Kier molecular flexibility index (Phi) is 4.94. The lowest BCUT2D eigenvalue weighted by Gasteiger charge is -2.25. The van der Waals surface area contributed by atoms with Crippen LogP contribution < -0.4 is 19.9 Å². The molecule has 1 fully saturated rings. The van der Waals surface area contributed by atoms with E-state index in [1.54, 1.807) is 9.80 Å². The Hall–Kier alpha value is -3.02. The summed E-state index contributed by atoms with van der Waals surface area (Å²) in [6.07, 6.45) is 1.16. The molecule has 0 radical (unpaired) electrons. The smallest absolute Gasteiger partial charge is 0.322 e. The molecule has 0 bridgehead atoms. The topological polar surface area (TPSA) is 61.9 Å². The number of nitrogens with one attached hydrogen (secondary N) is 1. The third kappa shape index (κ3) is 3.42. The minimum atomic E-state index is -0.202. The lowest BCUT2D eigenvalue weighted by atomic mass is 10.1. The molecule has 2 atom stereocenters. The van der Waals surface area contributed by atoms with Crippen molar-refractivity contribution in [3.05, 3.63) is 54.1 Å². The molecular weight excluding hydrogens is 354 g/mol. The molecule has 2 aliphatic rings. The second-order valence-corrected chi connectivity index (χ2v) is 7.33. The van der Waals surface area contributed by atoms with Crippen LogP contribution in [-0.2, 0) is 11.2 Å².